The summed E-state index contributed by atoms with van der Waals surface area (Å²) >= 11 is 0. The Balaban J connectivity index is 2.65. The molecule has 1 aromatic carbocycles. The summed E-state index contributed by atoms with van der Waals surface area (Å²) in [4.78, 5) is 12.0. The van der Waals surface area contributed by atoms with E-state index >= 15 is 0 Å². The normalized spacial score (nSPS) is 12.1. The van der Waals surface area contributed by atoms with Gasteiger partial charge in [-0.3, -0.25) is 0 Å². The molecule has 0 unspecified atom stereocenters. The molecule has 0 bridgehead atoms. The Hall–Kier alpha value is -1.71. The average molecular weight is 392 g/mol. The van der Waals surface area contributed by atoms with Gasteiger partial charge in [-0.2, -0.15) is 0 Å². The molecule has 28 heavy (non-hydrogen) atoms. The number of unbranched alkanes of at least 4 members (excludes halogenated alkanes) is 5. The van der Waals surface area contributed by atoms with Crippen molar-refractivity contribution in [3.8, 4) is 5.75 Å². The van der Waals surface area contributed by atoms with Crippen LogP contribution in [-0.4, -0.2) is 17.8 Å². The topological polar surface area (TPSA) is 58.6 Å². The van der Waals surface area contributed by atoms with Crippen LogP contribution >= 0.6 is 0 Å². The molecule has 0 radical (unpaired) electrons. The molecule has 0 aliphatic rings. The van der Waals surface area contributed by atoms with E-state index in [1.165, 1.54) is 25.7 Å². The number of nitrogens with one attached hydrogen (secondary N) is 1. The smallest absolute Gasteiger partial charge is 0.407 e. The third-order valence-corrected chi connectivity index (χ3v) is 4.95. The summed E-state index contributed by atoms with van der Waals surface area (Å²) in [5, 5.41) is 13.6. The Morgan fingerprint density at radius 1 is 0.929 bits per heavy atom. The molecule has 4 heteroatoms. The Labute approximate surface area is 172 Å². The van der Waals surface area contributed by atoms with Crippen molar-refractivity contribution in [3.63, 3.8) is 0 Å². The first-order chi connectivity index (χ1) is 13.0. The van der Waals surface area contributed by atoms with Crippen LogP contribution in [0, 0.1) is 0 Å². The molecule has 0 spiro atoms. The fraction of sp³-hybridized carbons (Fsp3) is 0.708. The predicted molar refractivity (Wildman–Crippen MR) is 117 cm³/mol. The molecule has 2 N–H and O–H groups in total. The summed E-state index contributed by atoms with van der Waals surface area (Å²) in [6.45, 7) is 15.6. The quantitative estimate of drug-likeness (QED) is 0.468. The summed E-state index contributed by atoms with van der Waals surface area (Å²) in [5.74, 6) is 0.356. The third-order valence-electron chi connectivity index (χ3n) is 4.95. The lowest BCUT2D eigenvalue weighted by molar-refractivity contribution is 0.143. The van der Waals surface area contributed by atoms with Gasteiger partial charge in [-0.1, -0.05) is 80.6 Å². The van der Waals surface area contributed by atoms with Crippen molar-refractivity contribution in [2.45, 2.75) is 104 Å². The van der Waals surface area contributed by atoms with E-state index in [1.54, 1.807) is 0 Å². The van der Waals surface area contributed by atoms with Gasteiger partial charge < -0.3 is 15.2 Å². The maximum atomic E-state index is 12.0. The number of phenolic OH excluding ortho intramolecular Hbond substituents is 1. The molecule has 0 fully saturated rings. The Kier molecular flexibility index (Phi) is 9.32. The van der Waals surface area contributed by atoms with E-state index in [0.29, 0.717) is 18.9 Å². The first kappa shape index (κ1) is 24.3. The van der Waals surface area contributed by atoms with E-state index < -0.39 is 0 Å². The summed E-state index contributed by atoms with van der Waals surface area (Å²) in [5.41, 5.74) is 2.41. The van der Waals surface area contributed by atoms with E-state index in [-0.39, 0.29) is 16.9 Å². The van der Waals surface area contributed by atoms with Crippen LogP contribution in [0.15, 0.2) is 12.1 Å². The van der Waals surface area contributed by atoms with Gasteiger partial charge >= 0.3 is 6.09 Å². The highest BCUT2D eigenvalue weighted by molar-refractivity contribution is 5.67. The molecule has 0 saturated heterocycles. The Morgan fingerprint density at radius 3 is 1.93 bits per heavy atom. The molecule has 1 aromatic rings. The van der Waals surface area contributed by atoms with Gasteiger partial charge in [-0.05, 0) is 46.1 Å². The monoisotopic (exact) mass is 391 g/mol. The lowest BCUT2D eigenvalue weighted by Crippen LogP contribution is -2.25. The van der Waals surface area contributed by atoms with Crippen molar-refractivity contribution in [2.75, 3.05) is 6.61 Å². The highest BCUT2D eigenvalue weighted by atomic mass is 16.5. The summed E-state index contributed by atoms with van der Waals surface area (Å²) in [7, 11) is 0. The minimum absolute atomic E-state index is 0.182. The van der Waals surface area contributed by atoms with Gasteiger partial charge in [0, 0.05) is 6.54 Å². The molecular weight excluding hydrogens is 350 g/mol. The van der Waals surface area contributed by atoms with E-state index in [9.17, 15) is 9.90 Å². The largest absolute Gasteiger partial charge is 0.507 e. The second-order valence-corrected chi connectivity index (χ2v) is 9.80. The number of rotatable bonds is 9. The van der Waals surface area contributed by atoms with Crippen molar-refractivity contribution in [2.24, 2.45) is 0 Å². The zero-order valence-corrected chi connectivity index (χ0v) is 19.1. The van der Waals surface area contributed by atoms with E-state index in [0.717, 1.165) is 29.5 Å². The zero-order valence-electron chi connectivity index (χ0n) is 19.1. The number of benzene rings is 1. The average Bonchev–Trinajstić information content (AvgIpc) is 2.58. The maximum absolute atomic E-state index is 12.0. The van der Waals surface area contributed by atoms with Gasteiger partial charge in [0.1, 0.15) is 5.75 Å². The minimum Gasteiger partial charge on any atom is -0.507 e. The fourth-order valence-corrected chi connectivity index (χ4v) is 3.21. The Bertz CT molecular complexity index is 589. The number of carbonyl (C=O) groups is 1. The van der Waals surface area contributed by atoms with Gasteiger partial charge in [0.2, 0.25) is 0 Å². The number of ether oxygens (including phenoxy) is 1. The van der Waals surface area contributed by atoms with Gasteiger partial charge in [-0.15, -0.1) is 0 Å². The molecule has 1 amide bonds. The molecule has 0 atom stereocenters. The molecule has 0 heterocycles. The minimum atomic E-state index is -0.378. The van der Waals surface area contributed by atoms with Crippen LogP contribution < -0.4 is 5.32 Å². The molecule has 1 rings (SSSR count). The van der Waals surface area contributed by atoms with Gasteiger partial charge in [0.25, 0.3) is 0 Å². The highest BCUT2D eigenvalue weighted by Crippen LogP contribution is 2.39. The van der Waals surface area contributed by atoms with Crippen molar-refractivity contribution in [1.82, 2.24) is 5.32 Å². The molecule has 0 aliphatic carbocycles. The number of hydrogen-bond donors (Lipinski definition) is 2. The number of alkyl carbamates (subject to hydrolysis) is 1. The molecule has 0 aromatic heterocycles. The van der Waals surface area contributed by atoms with Crippen LogP contribution in [0.1, 0.15) is 104 Å². The lowest BCUT2D eigenvalue weighted by atomic mass is 9.78. The molecule has 0 aliphatic heterocycles. The second-order valence-electron chi connectivity index (χ2n) is 9.80. The summed E-state index contributed by atoms with van der Waals surface area (Å²) < 4.78 is 5.29. The van der Waals surface area contributed by atoms with Crippen molar-refractivity contribution >= 4 is 6.09 Å². The maximum Gasteiger partial charge on any atom is 0.407 e. The molecule has 0 saturated carbocycles. The van der Waals surface area contributed by atoms with E-state index in [4.69, 9.17) is 4.74 Å². The van der Waals surface area contributed by atoms with Crippen molar-refractivity contribution in [3.05, 3.63) is 28.8 Å². The number of phenols is 1. The summed E-state index contributed by atoms with van der Waals surface area (Å²) in [6, 6.07) is 3.97. The van der Waals surface area contributed by atoms with Crippen LogP contribution in [0.3, 0.4) is 0 Å². The molecule has 4 nitrogen and oxygen atoms in total. The first-order valence-electron chi connectivity index (χ1n) is 10.7. The van der Waals surface area contributed by atoms with Gasteiger partial charge in [0.05, 0.1) is 6.61 Å². The van der Waals surface area contributed by atoms with E-state index in [2.05, 4.69) is 53.8 Å². The predicted octanol–water partition coefficient (Wildman–Crippen LogP) is 6.57. The number of carbonyl (C=O) groups excluding carboxylic acids is 1. The fourth-order valence-electron chi connectivity index (χ4n) is 3.21. The number of hydrogen-bond acceptors (Lipinski definition) is 3. The van der Waals surface area contributed by atoms with Crippen LogP contribution in [0.2, 0.25) is 0 Å². The Morgan fingerprint density at radius 2 is 1.43 bits per heavy atom. The van der Waals surface area contributed by atoms with Gasteiger partial charge in [-0.25, -0.2) is 4.79 Å². The standard InChI is InChI=1S/C24H41NO3/c1-8-9-10-11-12-13-14-28-22(27)25-17-18-15-19(23(2,3)4)21(26)20(16-18)24(5,6)7/h15-16,26H,8-14,17H2,1-7H3,(H,25,27). The molecule has 160 valence electrons. The third kappa shape index (κ3) is 8.12. The van der Waals surface area contributed by atoms with Crippen LogP contribution in [0.25, 0.3) is 0 Å². The van der Waals surface area contributed by atoms with Crippen molar-refractivity contribution in [1.29, 1.82) is 0 Å². The van der Waals surface area contributed by atoms with Crippen molar-refractivity contribution < 1.29 is 14.6 Å². The lowest BCUT2D eigenvalue weighted by Gasteiger charge is -2.28. The first-order valence-corrected chi connectivity index (χ1v) is 10.7. The van der Waals surface area contributed by atoms with Crippen LogP contribution in [-0.2, 0) is 22.1 Å². The number of aromatic hydroxyl groups is 1. The molecular formula is C24H41NO3. The van der Waals surface area contributed by atoms with Gasteiger partial charge in [0.15, 0.2) is 0 Å². The van der Waals surface area contributed by atoms with Crippen LogP contribution in [0.4, 0.5) is 4.79 Å². The zero-order chi connectivity index (χ0) is 21.4. The number of amides is 1. The summed E-state index contributed by atoms with van der Waals surface area (Å²) in [6.07, 6.45) is 6.63. The highest BCUT2D eigenvalue weighted by Gasteiger charge is 2.26. The second kappa shape index (κ2) is 10.7. The SMILES string of the molecule is CCCCCCCCOC(=O)NCc1cc(C(C)(C)C)c(O)c(C(C)(C)C)c1. The van der Waals surface area contributed by atoms with Crippen LogP contribution in [0.5, 0.6) is 5.75 Å². The van der Waals surface area contributed by atoms with E-state index in [1.807, 2.05) is 12.1 Å².